The van der Waals surface area contributed by atoms with Crippen LogP contribution in [-0.2, 0) is 0 Å². The monoisotopic (exact) mass is 782 g/mol. The first-order valence-electron chi connectivity index (χ1n) is 20.6. The van der Waals surface area contributed by atoms with Crippen LogP contribution in [0.25, 0.3) is 76.5 Å². The summed E-state index contributed by atoms with van der Waals surface area (Å²) in [6.07, 6.45) is 0. The smallest absolute Gasteiger partial charge is 0.159 e. The minimum absolute atomic E-state index is 0.809. The highest BCUT2D eigenvalue weighted by Crippen LogP contribution is 2.52. The summed E-state index contributed by atoms with van der Waals surface area (Å²) in [6.45, 7) is 0. The molecule has 13 rings (SSSR count). The van der Waals surface area contributed by atoms with Crippen LogP contribution in [0.4, 0.5) is 34.1 Å². The summed E-state index contributed by atoms with van der Waals surface area (Å²) in [5.41, 5.74) is 11.8. The molecule has 10 aromatic carbocycles. The van der Waals surface area contributed by atoms with Gasteiger partial charge in [-0.25, -0.2) is 0 Å². The van der Waals surface area contributed by atoms with Crippen molar-refractivity contribution in [3.63, 3.8) is 0 Å². The molecule has 0 amide bonds. The molecule has 0 aliphatic carbocycles. The van der Waals surface area contributed by atoms with Crippen molar-refractivity contribution in [1.29, 1.82) is 0 Å². The van der Waals surface area contributed by atoms with Gasteiger partial charge in [0.05, 0.1) is 11.4 Å². The Bertz CT molecular complexity index is 3700. The van der Waals surface area contributed by atoms with E-state index in [2.05, 4.69) is 186 Å². The van der Waals surface area contributed by atoms with Gasteiger partial charge in [0.15, 0.2) is 5.58 Å². The molecule has 3 heterocycles. The average Bonchev–Trinajstić information content (AvgIpc) is 3.89. The third-order valence-electron chi connectivity index (χ3n) is 12.2. The molecule has 12 aromatic rings. The molecule has 0 fully saturated rings. The van der Waals surface area contributed by atoms with E-state index in [-0.39, 0.29) is 0 Å². The predicted octanol–water partition coefficient (Wildman–Crippen LogP) is 16.5. The number of fused-ring (bicyclic) bond motifs is 10. The van der Waals surface area contributed by atoms with Gasteiger partial charge in [0.2, 0.25) is 0 Å². The van der Waals surface area contributed by atoms with Crippen LogP contribution < -0.4 is 14.5 Å². The third kappa shape index (κ3) is 5.21. The molecule has 5 nitrogen and oxygen atoms in total. The van der Waals surface area contributed by atoms with Crippen LogP contribution >= 0.6 is 0 Å². The van der Waals surface area contributed by atoms with Gasteiger partial charge in [-0.3, -0.25) is 0 Å². The number of furan rings is 2. The lowest BCUT2D eigenvalue weighted by Gasteiger charge is -2.28. The number of nitrogens with zero attached hydrogens (tertiary/aromatic N) is 2. The van der Waals surface area contributed by atoms with Crippen molar-refractivity contribution >= 4 is 99.5 Å². The first-order valence-corrected chi connectivity index (χ1v) is 20.6. The molecular weight excluding hydrogens is 749 g/mol. The van der Waals surface area contributed by atoms with E-state index in [1.807, 2.05) is 30.3 Å². The van der Waals surface area contributed by atoms with Gasteiger partial charge in [-0.15, -0.1) is 0 Å². The fraction of sp³-hybridized carbons (Fsp3) is 0. The first kappa shape index (κ1) is 33.7. The average molecular weight is 783 g/mol. The van der Waals surface area contributed by atoms with Crippen molar-refractivity contribution in [2.24, 2.45) is 0 Å². The van der Waals surface area contributed by atoms with Gasteiger partial charge in [0.1, 0.15) is 28.2 Å². The molecule has 0 radical (unpaired) electrons. The molecular formula is C56H34N2O3. The maximum Gasteiger partial charge on any atom is 0.159 e. The van der Waals surface area contributed by atoms with Crippen molar-refractivity contribution in [2.75, 3.05) is 9.80 Å². The number of hydrogen-bond donors (Lipinski definition) is 0. The number of rotatable bonds is 6. The summed E-state index contributed by atoms with van der Waals surface area (Å²) >= 11 is 0. The van der Waals surface area contributed by atoms with Crippen molar-refractivity contribution in [3.8, 4) is 22.6 Å². The lowest BCUT2D eigenvalue weighted by Crippen LogP contribution is -2.11. The molecule has 286 valence electrons. The Morgan fingerprint density at radius 3 is 1.70 bits per heavy atom. The maximum atomic E-state index is 6.91. The van der Waals surface area contributed by atoms with Crippen LogP contribution in [0.5, 0.6) is 11.5 Å². The van der Waals surface area contributed by atoms with E-state index in [0.717, 1.165) is 122 Å². The molecule has 0 bridgehead atoms. The summed E-state index contributed by atoms with van der Waals surface area (Å²) in [6, 6.07) is 72.4. The maximum absolute atomic E-state index is 6.91. The normalized spacial score (nSPS) is 12.1. The number of benzene rings is 10. The molecule has 0 spiro atoms. The summed E-state index contributed by atoms with van der Waals surface area (Å²) < 4.78 is 19.7. The summed E-state index contributed by atoms with van der Waals surface area (Å²) in [4.78, 5) is 4.59. The number of para-hydroxylation sites is 5. The highest BCUT2D eigenvalue weighted by atomic mass is 16.5. The minimum Gasteiger partial charge on any atom is -0.456 e. The zero-order chi connectivity index (χ0) is 40.0. The zero-order valence-corrected chi connectivity index (χ0v) is 32.7. The SMILES string of the molecule is c1ccc(N(c2ccc3cc4c5c(cccc5c3c2)Oc2cc(N(c3ccccc3)c3cccc5c3oc3ccccc35)ccc2-4)c2ccc3oc4ccccc4c3c2)cc1. The molecule has 0 saturated heterocycles. The van der Waals surface area contributed by atoms with E-state index in [9.17, 15) is 0 Å². The van der Waals surface area contributed by atoms with E-state index in [4.69, 9.17) is 13.6 Å². The van der Waals surface area contributed by atoms with E-state index in [0.29, 0.717) is 0 Å². The van der Waals surface area contributed by atoms with Gasteiger partial charge in [-0.2, -0.15) is 0 Å². The third-order valence-corrected chi connectivity index (χ3v) is 12.2. The van der Waals surface area contributed by atoms with Gasteiger partial charge in [-0.05, 0) is 119 Å². The highest BCUT2D eigenvalue weighted by Gasteiger charge is 2.26. The first-order chi connectivity index (χ1) is 30.2. The van der Waals surface area contributed by atoms with Crippen molar-refractivity contribution in [3.05, 3.63) is 206 Å². The largest absolute Gasteiger partial charge is 0.456 e. The second-order valence-corrected chi connectivity index (χ2v) is 15.7. The Kier molecular flexibility index (Phi) is 7.24. The molecule has 1 aliphatic heterocycles. The second kappa shape index (κ2) is 13.1. The second-order valence-electron chi connectivity index (χ2n) is 15.7. The Morgan fingerprint density at radius 1 is 0.311 bits per heavy atom. The van der Waals surface area contributed by atoms with E-state index >= 15 is 0 Å². The van der Waals surface area contributed by atoms with Crippen LogP contribution in [-0.4, -0.2) is 0 Å². The molecule has 2 aromatic heterocycles. The van der Waals surface area contributed by atoms with E-state index in [1.165, 1.54) is 0 Å². The lowest BCUT2D eigenvalue weighted by molar-refractivity contribution is 0.487. The van der Waals surface area contributed by atoms with Crippen molar-refractivity contribution < 1.29 is 13.6 Å². The molecule has 1 aliphatic rings. The van der Waals surface area contributed by atoms with Gasteiger partial charge >= 0.3 is 0 Å². The predicted molar refractivity (Wildman–Crippen MR) is 251 cm³/mol. The summed E-state index contributed by atoms with van der Waals surface area (Å²) in [7, 11) is 0. The number of anilines is 6. The number of ether oxygens (including phenoxy) is 1. The molecule has 5 heteroatoms. The van der Waals surface area contributed by atoms with Gasteiger partial charge in [0.25, 0.3) is 0 Å². The fourth-order valence-corrected chi connectivity index (χ4v) is 9.47. The Hall–Kier alpha value is -8.28. The van der Waals surface area contributed by atoms with E-state index < -0.39 is 0 Å². The Morgan fingerprint density at radius 2 is 0.902 bits per heavy atom. The summed E-state index contributed by atoms with van der Waals surface area (Å²) in [5.74, 6) is 1.65. The zero-order valence-electron chi connectivity index (χ0n) is 32.7. The van der Waals surface area contributed by atoms with Crippen LogP contribution in [0.3, 0.4) is 0 Å². The van der Waals surface area contributed by atoms with E-state index in [1.54, 1.807) is 0 Å². The molecule has 0 atom stereocenters. The van der Waals surface area contributed by atoms with Crippen LogP contribution in [0, 0.1) is 0 Å². The molecule has 61 heavy (non-hydrogen) atoms. The molecule has 0 N–H and O–H groups in total. The van der Waals surface area contributed by atoms with Gasteiger partial charge in [-0.1, -0.05) is 103 Å². The van der Waals surface area contributed by atoms with Crippen molar-refractivity contribution in [2.45, 2.75) is 0 Å². The van der Waals surface area contributed by atoms with Gasteiger partial charge < -0.3 is 23.4 Å². The summed E-state index contributed by atoms with van der Waals surface area (Å²) in [5, 5.41) is 8.95. The van der Waals surface area contributed by atoms with Crippen molar-refractivity contribution in [1.82, 2.24) is 0 Å². The number of hydrogen-bond acceptors (Lipinski definition) is 5. The highest BCUT2D eigenvalue weighted by molar-refractivity contribution is 6.18. The lowest BCUT2D eigenvalue weighted by atomic mass is 9.90. The molecule has 0 saturated carbocycles. The molecule has 0 unspecified atom stereocenters. The Labute approximate surface area is 350 Å². The minimum atomic E-state index is 0.809. The van der Waals surface area contributed by atoms with Gasteiger partial charge in [0, 0.05) is 61.3 Å². The Balaban J connectivity index is 0.956. The topological polar surface area (TPSA) is 42.0 Å². The fourth-order valence-electron chi connectivity index (χ4n) is 9.47. The van der Waals surface area contributed by atoms with Crippen LogP contribution in [0.15, 0.2) is 215 Å². The van der Waals surface area contributed by atoms with Crippen LogP contribution in [0.1, 0.15) is 0 Å². The van der Waals surface area contributed by atoms with Crippen LogP contribution in [0.2, 0.25) is 0 Å². The quantitative estimate of drug-likeness (QED) is 0.157. The standard InChI is InChI=1S/C56H34N2O3/c1-3-13-36(14-4-1)57(39-28-30-52-47(33-39)42-18-8-9-22-50(42)59-52)38-26-25-35-31-48-43-29-27-40(34-54(43)60-53-24-12-19-44(55(48)53)46(35)32-38)58(37-15-5-2-6-16-37)49-21-11-20-45-41-17-7-10-23-51(41)61-56(45)49/h1-34H.